The molecule has 0 aromatic heterocycles. The van der Waals surface area contributed by atoms with Crippen LogP contribution in [-0.4, -0.2) is 47.0 Å². The highest BCUT2D eigenvalue weighted by atomic mass is 16.6. The van der Waals surface area contributed by atoms with Crippen LogP contribution in [0.15, 0.2) is 78.9 Å². The molecule has 200 valence electrons. The summed E-state index contributed by atoms with van der Waals surface area (Å²) in [7, 11) is 0. The number of benzene rings is 3. The van der Waals surface area contributed by atoms with Gasteiger partial charge in [0.2, 0.25) is 11.7 Å². The van der Waals surface area contributed by atoms with Gasteiger partial charge in [-0.05, 0) is 43.3 Å². The molecule has 3 aromatic rings. The van der Waals surface area contributed by atoms with E-state index in [0.717, 1.165) is 0 Å². The Hall–Kier alpha value is -5.19. The summed E-state index contributed by atoms with van der Waals surface area (Å²) in [6, 6.07) is 19.1. The van der Waals surface area contributed by atoms with Crippen LogP contribution in [0.5, 0.6) is 0 Å². The number of anilines is 1. The number of carbonyl (C=O) groups is 5. The quantitative estimate of drug-likeness (QED) is 0.156. The van der Waals surface area contributed by atoms with E-state index in [-0.39, 0.29) is 35.4 Å². The lowest BCUT2D eigenvalue weighted by Crippen LogP contribution is -2.24. The summed E-state index contributed by atoms with van der Waals surface area (Å²) in [6.45, 7) is 0.920. The third-order valence-corrected chi connectivity index (χ3v) is 5.44. The molecule has 0 heterocycles. The molecule has 1 unspecified atom stereocenters. The van der Waals surface area contributed by atoms with Gasteiger partial charge in [0, 0.05) is 35.4 Å². The van der Waals surface area contributed by atoms with Crippen LogP contribution in [-0.2, 0) is 19.1 Å². The molecule has 0 bridgehead atoms. The van der Waals surface area contributed by atoms with Crippen molar-refractivity contribution in [2.45, 2.75) is 25.9 Å². The van der Waals surface area contributed by atoms with E-state index in [4.69, 9.17) is 9.47 Å². The Morgan fingerprint density at radius 3 is 2.05 bits per heavy atom. The number of carbonyl (C=O) groups excluding carboxylic acids is 5. The second-order valence-corrected chi connectivity index (χ2v) is 8.29. The van der Waals surface area contributed by atoms with Crippen molar-refractivity contribution in [1.29, 1.82) is 0 Å². The molecule has 1 amide bonds. The SMILES string of the molecule is CC(OC(=O)c1ccc(NC(=O)CCC(=O)OCC(=O)c2ccc([N+](=O)[O-])cc2)cc1)C(=O)c1ccccc1. The van der Waals surface area contributed by atoms with Crippen molar-refractivity contribution < 1.29 is 38.4 Å². The predicted molar refractivity (Wildman–Crippen MR) is 138 cm³/mol. The van der Waals surface area contributed by atoms with Crippen molar-refractivity contribution >= 4 is 40.8 Å². The van der Waals surface area contributed by atoms with Gasteiger partial charge in [0.15, 0.2) is 18.5 Å². The van der Waals surface area contributed by atoms with Gasteiger partial charge in [-0.1, -0.05) is 30.3 Å². The zero-order valence-electron chi connectivity index (χ0n) is 20.8. The third-order valence-electron chi connectivity index (χ3n) is 5.44. The van der Waals surface area contributed by atoms with Gasteiger partial charge >= 0.3 is 11.9 Å². The number of nitrogens with one attached hydrogen (secondary N) is 1. The van der Waals surface area contributed by atoms with E-state index in [2.05, 4.69) is 5.32 Å². The number of nitrogens with zero attached hydrogens (tertiary/aromatic N) is 1. The lowest BCUT2D eigenvalue weighted by Gasteiger charge is -2.12. The molecule has 0 fully saturated rings. The van der Waals surface area contributed by atoms with Crippen molar-refractivity contribution in [1.82, 2.24) is 0 Å². The first-order chi connectivity index (χ1) is 18.6. The van der Waals surface area contributed by atoms with E-state index < -0.39 is 41.3 Å². The van der Waals surface area contributed by atoms with Crippen LogP contribution in [0.2, 0.25) is 0 Å². The lowest BCUT2D eigenvalue weighted by atomic mass is 10.1. The minimum absolute atomic E-state index is 0.149. The van der Waals surface area contributed by atoms with Crippen molar-refractivity contribution in [2.24, 2.45) is 0 Å². The number of Topliss-reactive ketones (excluding diaryl/α,β-unsaturated/α-hetero) is 2. The number of esters is 2. The number of ether oxygens (including phenoxy) is 2. The van der Waals surface area contributed by atoms with Crippen LogP contribution in [0.4, 0.5) is 11.4 Å². The van der Waals surface area contributed by atoms with Crippen LogP contribution < -0.4 is 5.32 Å². The fourth-order valence-electron chi connectivity index (χ4n) is 3.32. The van der Waals surface area contributed by atoms with Crippen molar-refractivity contribution in [3.05, 3.63) is 106 Å². The molecule has 0 saturated carbocycles. The van der Waals surface area contributed by atoms with Gasteiger partial charge in [-0.2, -0.15) is 0 Å². The number of amides is 1. The van der Waals surface area contributed by atoms with Gasteiger partial charge in [0.25, 0.3) is 5.69 Å². The Morgan fingerprint density at radius 1 is 0.821 bits per heavy atom. The van der Waals surface area contributed by atoms with Gasteiger partial charge in [0.05, 0.1) is 16.9 Å². The van der Waals surface area contributed by atoms with Crippen molar-refractivity contribution in [3.63, 3.8) is 0 Å². The van der Waals surface area contributed by atoms with Gasteiger partial charge in [0.1, 0.15) is 0 Å². The smallest absolute Gasteiger partial charge is 0.338 e. The Morgan fingerprint density at radius 2 is 1.44 bits per heavy atom. The first kappa shape index (κ1) is 28.4. The van der Waals surface area contributed by atoms with E-state index in [0.29, 0.717) is 11.3 Å². The summed E-state index contributed by atoms with van der Waals surface area (Å²) >= 11 is 0. The van der Waals surface area contributed by atoms with Crippen LogP contribution in [0, 0.1) is 10.1 Å². The van der Waals surface area contributed by atoms with Gasteiger partial charge in [-0.15, -0.1) is 0 Å². The molecule has 0 spiro atoms. The Balaban J connectivity index is 1.40. The molecule has 39 heavy (non-hydrogen) atoms. The molecular formula is C28H24N2O9. The number of non-ortho nitro benzene ring substituents is 1. The Kier molecular flexibility index (Phi) is 9.74. The van der Waals surface area contributed by atoms with Crippen LogP contribution in [0.25, 0.3) is 0 Å². The van der Waals surface area contributed by atoms with E-state index in [1.807, 2.05) is 0 Å². The summed E-state index contributed by atoms with van der Waals surface area (Å²) < 4.78 is 10.1. The number of hydrogen-bond acceptors (Lipinski definition) is 9. The average molecular weight is 533 g/mol. The fourth-order valence-corrected chi connectivity index (χ4v) is 3.32. The second-order valence-electron chi connectivity index (χ2n) is 8.29. The highest BCUT2D eigenvalue weighted by Crippen LogP contribution is 2.15. The highest BCUT2D eigenvalue weighted by molar-refractivity contribution is 6.01. The van der Waals surface area contributed by atoms with Gasteiger partial charge in [-0.3, -0.25) is 29.3 Å². The molecule has 1 atom stereocenters. The zero-order chi connectivity index (χ0) is 28.4. The number of hydrogen-bond donors (Lipinski definition) is 1. The summed E-state index contributed by atoms with van der Waals surface area (Å²) in [6.07, 6.45) is -1.48. The van der Waals surface area contributed by atoms with Crippen molar-refractivity contribution in [3.8, 4) is 0 Å². The predicted octanol–water partition coefficient (Wildman–Crippen LogP) is 4.17. The Bertz CT molecular complexity index is 1370. The first-order valence-electron chi connectivity index (χ1n) is 11.8. The van der Waals surface area contributed by atoms with Gasteiger partial charge < -0.3 is 14.8 Å². The molecule has 0 radical (unpaired) electrons. The minimum atomic E-state index is -0.983. The van der Waals surface area contributed by atoms with Crippen LogP contribution in [0.1, 0.15) is 50.8 Å². The minimum Gasteiger partial charge on any atom is -0.457 e. The van der Waals surface area contributed by atoms with Crippen LogP contribution in [0.3, 0.4) is 0 Å². The third kappa shape index (κ3) is 8.42. The standard InChI is InChI=1S/C28H24N2O9/c1-18(27(34)20-5-3-2-4-6-20)39-28(35)21-7-11-22(12-8-21)29-25(32)15-16-26(33)38-17-24(31)19-9-13-23(14-10-19)30(36)37/h2-14,18H,15-17H2,1H3,(H,29,32). The zero-order valence-corrected chi connectivity index (χ0v) is 20.8. The van der Waals surface area contributed by atoms with E-state index in [9.17, 15) is 34.1 Å². The molecule has 0 aliphatic heterocycles. The van der Waals surface area contributed by atoms with Crippen molar-refractivity contribution in [2.75, 3.05) is 11.9 Å². The normalized spacial score (nSPS) is 11.1. The second kappa shape index (κ2) is 13.4. The largest absolute Gasteiger partial charge is 0.457 e. The molecule has 1 N–H and O–H groups in total. The average Bonchev–Trinajstić information content (AvgIpc) is 2.95. The number of nitro groups is 1. The maximum Gasteiger partial charge on any atom is 0.338 e. The molecule has 0 aliphatic carbocycles. The first-order valence-corrected chi connectivity index (χ1v) is 11.8. The van der Waals surface area contributed by atoms with Gasteiger partial charge in [-0.25, -0.2) is 4.79 Å². The topological polar surface area (TPSA) is 159 Å². The molecule has 11 heteroatoms. The molecule has 3 aromatic carbocycles. The summed E-state index contributed by atoms with van der Waals surface area (Å²) in [5, 5.41) is 13.2. The molecule has 0 saturated heterocycles. The lowest BCUT2D eigenvalue weighted by molar-refractivity contribution is -0.384. The monoisotopic (exact) mass is 532 g/mol. The molecule has 11 nitrogen and oxygen atoms in total. The fraction of sp³-hybridized carbons (Fsp3) is 0.179. The summed E-state index contributed by atoms with van der Waals surface area (Å²) in [5.41, 5.74) is 0.953. The molecule has 3 rings (SSSR count). The number of ketones is 2. The van der Waals surface area contributed by atoms with Crippen LogP contribution >= 0.6 is 0 Å². The number of nitro benzene ring substituents is 1. The highest BCUT2D eigenvalue weighted by Gasteiger charge is 2.20. The Labute approximate surface area is 222 Å². The van der Waals surface area contributed by atoms with E-state index in [1.165, 1.54) is 55.5 Å². The van der Waals surface area contributed by atoms with E-state index >= 15 is 0 Å². The maximum atomic E-state index is 12.4. The summed E-state index contributed by atoms with van der Waals surface area (Å²) in [5.74, 6) is -2.83. The molecule has 0 aliphatic rings. The maximum absolute atomic E-state index is 12.4. The summed E-state index contributed by atoms with van der Waals surface area (Å²) in [4.78, 5) is 71.0. The molecular weight excluding hydrogens is 508 g/mol. The number of rotatable bonds is 12. The van der Waals surface area contributed by atoms with E-state index in [1.54, 1.807) is 30.3 Å².